The monoisotopic (exact) mass is 279 g/mol. The van der Waals surface area contributed by atoms with Crippen molar-refractivity contribution in [2.75, 3.05) is 36.0 Å². The zero-order valence-electron chi connectivity index (χ0n) is 11.7. The van der Waals surface area contributed by atoms with Gasteiger partial charge in [0.25, 0.3) is 0 Å². The van der Waals surface area contributed by atoms with Crippen LogP contribution in [0.3, 0.4) is 0 Å². The fraction of sp³-hybridized carbons (Fsp3) is 0.250. The van der Waals surface area contributed by atoms with Crippen molar-refractivity contribution in [1.29, 1.82) is 0 Å². The van der Waals surface area contributed by atoms with E-state index in [2.05, 4.69) is 49.0 Å². The lowest BCUT2D eigenvalue weighted by Crippen LogP contribution is -2.47. The second kappa shape index (κ2) is 5.09. The van der Waals surface area contributed by atoms with Crippen molar-refractivity contribution in [3.8, 4) is 0 Å². The molecule has 0 bridgehead atoms. The summed E-state index contributed by atoms with van der Waals surface area (Å²) in [5, 5.41) is 1.27. The van der Waals surface area contributed by atoms with Crippen molar-refractivity contribution >= 4 is 22.5 Å². The van der Waals surface area contributed by atoms with Gasteiger partial charge in [0.2, 0.25) is 5.95 Å². The molecule has 1 fully saturated rings. The Bertz CT molecular complexity index is 729. The molecule has 1 saturated heterocycles. The minimum absolute atomic E-state index is 0.832. The highest BCUT2D eigenvalue weighted by Crippen LogP contribution is 2.23. The molecule has 0 spiro atoms. The number of aromatic nitrogens is 3. The number of nitrogens with one attached hydrogen (secondary N) is 1. The number of nitrogens with zero attached hydrogens (tertiary/aromatic N) is 4. The van der Waals surface area contributed by atoms with Gasteiger partial charge in [-0.15, -0.1) is 0 Å². The molecule has 2 aromatic heterocycles. The highest BCUT2D eigenvalue weighted by Gasteiger charge is 2.19. The number of anilines is 2. The predicted molar refractivity (Wildman–Crippen MR) is 84.8 cm³/mol. The molecular weight excluding hydrogens is 262 g/mol. The van der Waals surface area contributed by atoms with E-state index in [-0.39, 0.29) is 0 Å². The van der Waals surface area contributed by atoms with Crippen LogP contribution in [-0.4, -0.2) is 41.1 Å². The van der Waals surface area contributed by atoms with E-state index in [1.807, 2.05) is 12.3 Å². The summed E-state index contributed by atoms with van der Waals surface area (Å²) in [7, 11) is 0. The van der Waals surface area contributed by atoms with E-state index in [1.165, 1.54) is 16.6 Å². The average molecular weight is 279 g/mol. The van der Waals surface area contributed by atoms with E-state index in [0.717, 1.165) is 32.1 Å². The molecular formula is C16H17N5. The molecule has 21 heavy (non-hydrogen) atoms. The van der Waals surface area contributed by atoms with Crippen molar-refractivity contribution in [3.05, 3.63) is 48.9 Å². The summed E-state index contributed by atoms with van der Waals surface area (Å²) in [6.07, 6.45) is 5.59. The van der Waals surface area contributed by atoms with E-state index in [0.29, 0.717) is 0 Å². The Balaban J connectivity index is 1.49. The maximum absolute atomic E-state index is 4.33. The Labute approximate surface area is 123 Å². The zero-order chi connectivity index (χ0) is 14.1. The quantitative estimate of drug-likeness (QED) is 0.782. The number of piperazine rings is 1. The first-order valence-electron chi connectivity index (χ1n) is 7.24. The normalized spacial score (nSPS) is 15.6. The summed E-state index contributed by atoms with van der Waals surface area (Å²) in [4.78, 5) is 16.6. The molecule has 5 heteroatoms. The number of hydrogen-bond acceptors (Lipinski definition) is 4. The maximum atomic E-state index is 4.33. The van der Waals surface area contributed by atoms with Gasteiger partial charge in [0, 0.05) is 61.4 Å². The number of fused-ring (bicyclic) bond motifs is 1. The number of hydrogen-bond donors (Lipinski definition) is 1. The largest absolute Gasteiger partial charge is 0.368 e. The molecule has 3 aromatic rings. The third-order valence-electron chi connectivity index (χ3n) is 4.02. The molecule has 0 unspecified atom stereocenters. The molecule has 1 aliphatic heterocycles. The van der Waals surface area contributed by atoms with Crippen LogP contribution in [0.4, 0.5) is 11.6 Å². The molecule has 1 N–H and O–H groups in total. The minimum atomic E-state index is 0.832. The van der Waals surface area contributed by atoms with Crippen LogP contribution >= 0.6 is 0 Å². The number of aromatic amines is 1. The van der Waals surface area contributed by atoms with Gasteiger partial charge < -0.3 is 14.8 Å². The highest BCUT2D eigenvalue weighted by atomic mass is 15.3. The molecule has 0 radical (unpaired) electrons. The van der Waals surface area contributed by atoms with Crippen molar-refractivity contribution < 1.29 is 0 Å². The van der Waals surface area contributed by atoms with E-state index in [9.17, 15) is 0 Å². The van der Waals surface area contributed by atoms with Gasteiger partial charge in [-0.3, -0.25) is 0 Å². The molecule has 4 rings (SSSR count). The smallest absolute Gasteiger partial charge is 0.225 e. The summed E-state index contributed by atoms with van der Waals surface area (Å²) >= 11 is 0. The van der Waals surface area contributed by atoms with E-state index >= 15 is 0 Å². The Hall–Kier alpha value is -2.56. The lowest BCUT2D eigenvalue weighted by molar-refractivity contribution is 0.640. The highest BCUT2D eigenvalue weighted by molar-refractivity contribution is 5.83. The Morgan fingerprint density at radius 1 is 0.905 bits per heavy atom. The molecule has 0 amide bonds. The van der Waals surface area contributed by atoms with E-state index < -0.39 is 0 Å². The van der Waals surface area contributed by atoms with Gasteiger partial charge in [-0.1, -0.05) is 0 Å². The first-order chi connectivity index (χ1) is 10.4. The second-order valence-electron chi connectivity index (χ2n) is 5.27. The average Bonchev–Trinajstić information content (AvgIpc) is 3.03. The molecule has 5 nitrogen and oxygen atoms in total. The van der Waals surface area contributed by atoms with Crippen LogP contribution in [0, 0.1) is 0 Å². The molecule has 0 aliphatic carbocycles. The van der Waals surface area contributed by atoms with Crippen LogP contribution < -0.4 is 9.80 Å². The molecule has 0 saturated carbocycles. The predicted octanol–water partition coefficient (Wildman–Crippen LogP) is 2.28. The van der Waals surface area contributed by atoms with Crippen LogP contribution in [0.15, 0.2) is 48.9 Å². The summed E-state index contributed by atoms with van der Waals surface area (Å²) in [6.45, 7) is 3.90. The molecule has 0 atom stereocenters. The Kier molecular flexibility index (Phi) is 2.96. The van der Waals surface area contributed by atoms with Gasteiger partial charge in [0.05, 0.1) is 0 Å². The zero-order valence-corrected chi connectivity index (χ0v) is 11.7. The summed E-state index contributed by atoms with van der Waals surface area (Å²) < 4.78 is 0. The van der Waals surface area contributed by atoms with Gasteiger partial charge >= 0.3 is 0 Å². The van der Waals surface area contributed by atoms with Crippen molar-refractivity contribution in [1.82, 2.24) is 15.0 Å². The fourth-order valence-corrected chi connectivity index (χ4v) is 2.86. The van der Waals surface area contributed by atoms with Gasteiger partial charge in [0.1, 0.15) is 0 Å². The summed E-state index contributed by atoms with van der Waals surface area (Å²) in [6, 6.07) is 10.6. The van der Waals surface area contributed by atoms with Crippen LogP contribution in [0.5, 0.6) is 0 Å². The summed E-state index contributed by atoms with van der Waals surface area (Å²) in [5.41, 5.74) is 2.48. The number of rotatable bonds is 2. The van der Waals surface area contributed by atoms with Crippen molar-refractivity contribution in [2.45, 2.75) is 0 Å². The van der Waals surface area contributed by atoms with Crippen LogP contribution in [0.1, 0.15) is 0 Å². The van der Waals surface area contributed by atoms with Gasteiger partial charge in [-0.05, 0) is 30.3 Å². The van der Waals surface area contributed by atoms with E-state index in [4.69, 9.17) is 0 Å². The van der Waals surface area contributed by atoms with Gasteiger partial charge in [0.15, 0.2) is 0 Å². The minimum Gasteiger partial charge on any atom is -0.368 e. The molecule has 1 aliphatic rings. The van der Waals surface area contributed by atoms with E-state index in [1.54, 1.807) is 12.4 Å². The standard InChI is InChI=1S/C16H17N5/c1-5-18-16(19-6-1)21-10-8-20(9-11-21)14-2-3-15-13(12-14)4-7-17-15/h1-7,12,17H,8-11H2. The van der Waals surface area contributed by atoms with Crippen LogP contribution in [0.2, 0.25) is 0 Å². The topological polar surface area (TPSA) is 48.1 Å². The SMILES string of the molecule is c1cnc(N2CCN(c3ccc4[nH]ccc4c3)CC2)nc1. The first-order valence-corrected chi connectivity index (χ1v) is 7.24. The lowest BCUT2D eigenvalue weighted by atomic mass is 10.2. The molecule has 106 valence electrons. The number of benzene rings is 1. The Morgan fingerprint density at radius 2 is 1.67 bits per heavy atom. The third kappa shape index (κ3) is 2.31. The van der Waals surface area contributed by atoms with Gasteiger partial charge in [-0.25, -0.2) is 9.97 Å². The lowest BCUT2D eigenvalue weighted by Gasteiger charge is -2.36. The van der Waals surface area contributed by atoms with Crippen molar-refractivity contribution in [2.24, 2.45) is 0 Å². The maximum Gasteiger partial charge on any atom is 0.225 e. The first kappa shape index (κ1) is 12.2. The van der Waals surface area contributed by atoms with Crippen molar-refractivity contribution in [3.63, 3.8) is 0 Å². The van der Waals surface area contributed by atoms with Crippen LogP contribution in [0.25, 0.3) is 10.9 Å². The molecule has 1 aromatic carbocycles. The Morgan fingerprint density at radius 3 is 2.48 bits per heavy atom. The number of H-pyrrole nitrogens is 1. The van der Waals surface area contributed by atoms with Gasteiger partial charge in [-0.2, -0.15) is 0 Å². The second-order valence-corrected chi connectivity index (χ2v) is 5.27. The third-order valence-corrected chi connectivity index (χ3v) is 4.02. The summed E-state index contributed by atoms with van der Waals surface area (Å²) in [5.74, 6) is 0.832. The fourth-order valence-electron chi connectivity index (χ4n) is 2.86. The van der Waals surface area contributed by atoms with Crippen LogP contribution in [-0.2, 0) is 0 Å². The molecule has 3 heterocycles.